The Morgan fingerprint density at radius 1 is 1.38 bits per heavy atom. The Morgan fingerprint density at radius 3 is 2.92 bits per heavy atom. The van der Waals surface area contributed by atoms with E-state index in [9.17, 15) is 0 Å². The highest BCUT2D eigenvalue weighted by Gasteiger charge is 2.19. The molecule has 0 aliphatic heterocycles. The van der Waals surface area contributed by atoms with Crippen LogP contribution in [-0.4, -0.2) is 10.9 Å². The highest BCUT2D eigenvalue weighted by Crippen LogP contribution is 2.23. The SMILES string of the molecule is N#Cc1cccc2c1CC(=NO)C2. The van der Waals surface area contributed by atoms with Gasteiger partial charge in [0.1, 0.15) is 0 Å². The molecule has 0 amide bonds. The highest BCUT2D eigenvalue weighted by atomic mass is 16.4. The van der Waals surface area contributed by atoms with Crippen molar-refractivity contribution in [2.75, 3.05) is 0 Å². The molecule has 0 saturated heterocycles. The summed E-state index contributed by atoms with van der Waals surface area (Å²) in [5.74, 6) is 0. The average molecular weight is 172 g/mol. The summed E-state index contributed by atoms with van der Waals surface area (Å²) in [6, 6.07) is 7.75. The lowest BCUT2D eigenvalue weighted by molar-refractivity contribution is 0.317. The van der Waals surface area contributed by atoms with Crippen LogP contribution in [0.1, 0.15) is 16.7 Å². The minimum atomic E-state index is 0.607. The van der Waals surface area contributed by atoms with E-state index >= 15 is 0 Å². The van der Waals surface area contributed by atoms with Crippen LogP contribution < -0.4 is 0 Å². The van der Waals surface area contributed by atoms with Gasteiger partial charge in [-0.05, 0) is 17.2 Å². The fraction of sp³-hybridized carbons (Fsp3) is 0.200. The Balaban J connectivity index is 2.52. The van der Waals surface area contributed by atoms with Crippen molar-refractivity contribution < 1.29 is 5.21 Å². The minimum absolute atomic E-state index is 0.607. The Morgan fingerprint density at radius 2 is 2.23 bits per heavy atom. The van der Waals surface area contributed by atoms with Gasteiger partial charge in [-0.2, -0.15) is 5.26 Å². The molecule has 1 aromatic rings. The summed E-state index contributed by atoms with van der Waals surface area (Å²) in [5, 5.41) is 20.6. The number of hydrogen-bond donors (Lipinski definition) is 1. The van der Waals surface area contributed by atoms with Gasteiger partial charge in [0.05, 0.1) is 17.3 Å². The lowest BCUT2D eigenvalue weighted by Crippen LogP contribution is -1.95. The molecule has 0 bridgehead atoms. The number of benzene rings is 1. The van der Waals surface area contributed by atoms with E-state index in [-0.39, 0.29) is 0 Å². The molecule has 1 aliphatic carbocycles. The first kappa shape index (κ1) is 7.81. The van der Waals surface area contributed by atoms with Crippen molar-refractivity contribution in [2.24, 2.45) is 5.16 Å². The Hall–Kier alpha value is -1.82. The molecule has 2 rings (SSSR count). The van der Waals surface area contributed by atoms with Crippen LogP contribution in [0.15, 0.2) is 23.4 Å². The first-order valence-electron chi connectivity index (χ1n) is 4.06. The van der Waals surface area contributed by atoms with E-state index in [2.05, 4.69) is 11.2 Å². The highest BCUT2D eigenvalue weighted by molar-refractivity contribution is 5.93. The molecule has 0 spiro atoms. The quantitative estimate of drug-likeness (QED) is 0.476. The summed E-state index contributed by atoms with van der Waals surface area (Å²) in [6.45, 7) is 0. The normalized spacial score (nSPS) is 17.0. The third-order valence-electron chi connectivity index (χ3n) is 2.31. The van der Waals surface area contributed by atoms with Crippen LogP contribution in [0.5, 0.6) is 0 Å². The molecule has 3 nitrogen and oxygen atoms in total. The van der Waals surface area contributed by atoms with Gasteiger partial charge in [-0.25, -0.2) is 0 Å². The van der Waals surface area contributed by atoms with Crippen molar-refractivity contribution in [3.63, 3.8) is 0 Å². The first-order chi connectivity index (χ1) is 6.35. The topological polar surface area (TPSA) is 56.4 Å². The maximum absolute atomic E-state index is 8.81. The predicted molar refractivity (Wildman–Crippen MR) is 47.8 cm³/mol. The number of nitriles is 1. The van der Waals surface area contributed by atoms with E-state index < -0.39 is 0 Å². The monoisotopic (exact) mass is 172 g/mol. The van der Waals surface area contributed by atoms with E-state index in [0.717, 1.165) is 16.8 Å². The molecule has 1 aromatic carbocycles. The number of fused-ring (bicyclic) bond motifs is 1. The van der Waals surface area contributed by atoms with Crippen LogP contribution in [0.3, 0.4) is 0 Å². The van der Waals surface area contributed by atoms with Crippen molar-refractivity contribution >= 4 is 5.71 Å². The van der Waals surface area contributed by atoms with E-state index in [0.29, 0.717) is 18.4 Å². The van der Waals surface area contributed by atoms with Crippen LogP contribution in [0.2, 0.25) is 0 Å². The number of nitrogens with zero attached hydrogens (tertiary/aromatic N) is 2. The van der Waals surface area contributed by atoms with Gasteiger partial charge in [0.2, 0.25) is 0 Å². The number of rotatable bonds is 0. The van der Waals surface area contributed by atoms with Crippen LogP contribution >= 0.6 is 0 Å². The second kappa shape index (κ2) is 2.91. The molecule has 0 atom stereocenters. The summed E-state index contributed by atoms with van der Waals surface area (Å²) in [4.78, 5) is 0. The molecule has 0 fully saturated rings. The van der Waals surface area contributed by atoms with Crippen molar-refractivity contribution in [3.8, 4) is 6.07 Å². The number of oxime groups is 1. The molecule has 13 heavy (non-hydrogen) atoms. The Labute approximate surface area is 75.9 Å². The summed E-state index contributed by atoms with van der Waals surface area (Å²) in [7, 11) is 0. The van der Waals surface area contributed by atoms with Gasteiger partial charge in [0.25, 0.3) is 0 Å². The zero-order valence-corrected chi connectivity index (χ0v) is 6.99. The van der Waals surface area contributed by atoms with Crippen molar-refractivity contribution in [1.29, 1.82) is 5.26 Å². The minimum Gasteiger partial charge on any atom is -0.411 e. The maximum atomic E-state index is 8.81. The van der Waals surface area contributed by atoms with Gasteiger partial charge < -0.3 is 5.21 Å². The molecule has 1 aliphatic rings. The second-order valence-corrected chi connectivity index (χ2v) is 3.07. The van der Waals surface area contributed by atoms with Crippen molar-refractivity contribution in [1.82, 2.24) is 0 Å². The molecular weight excluding hydrogens is 164 g/mol. The molecular formula is C10H8N2O. The lowest BCUT2D eigenvalue weighted by atomic mass is 10.0. The molecule has 0 aromatic heterocycles. The van der Waals surface area contributed by atoms with E-state index in [1.54, 1.807) is 6.07 Å². The predicted octanol–water partition coefficient (Wildman–Crippen LogP) is 1.49. The summed E-state index contributed by atoms with van der Waals surface area (Å²) in [5.41, 5.74) is 3.54. The molecule has 0 saturated carbocycles. The zero-order chi connectivity index (χ0) is 9.26. The fourth-order valence-corrected chi connectivity index (χ4v) is 1.67. The lowest BCUT2D eigenvalue weighted by Gasteiger charge is -1.97. The van der Waals surface area contributed by atoms with Gasteiger partial charge in [-0.3, -0.25) is 0 Å². The zero-order valence-electron chi connectivity index (χ0n) is 6.99. The molecule has 1 N–H and O–H groups in total. The van der Waals surface area contributed by atoms with Gasteiger partial charge in [0.15, 0.2) is 0 Å². The summed E-state index contributed by atoms with van der Waals surface area (Å²) >= 11 is 0. The van der Waals surface area contributed by atoms with E-state index in [1.165, 1.54) is 0 Å². The number of hydrogen-bond acceptors (Lipinski definition) is 3. The molecule has 64 valence electrons. The summed E-state index contributed by atoms with van der Waals surface area (Å²) < 4.78 is 0. The van der Waals surface area contributed by atoms with Crippen LogP contribution in [0.4, 0.5) is 0 Å². The van der Waals surface area contributed by atoms with Gasteiger partial charge in [-0.15, -0.1) is 0 Å². The summed E-state index contributed by atoms with van der Waals surface area (Å²) in [6.07, 6.45) is 1.27. The van der Waals surface area contributed by atoms with Gasteiger partial charge >= 0.3 is 0 Å². The molecule has 0 heterocycles. The average Bonchev–Trinajstić information content (AvgIpc) is 2.59. The van der Waals surface area contributed by atoms with E-state index in [1.807, 2.05) is 12.1 Å². The Kier molecular flexibility index (Phi) is 1.75. The molecule has 0 radical (unpaired) electrons. The molecule has 3 heteroatoms. The second-order valence-electron chi connectivity index (χ2n) is 3.07. The third kappa shape index (κ3) is 1.17. The van der Waals surface area contributed by atoms with Gasteiger partial charge in [-0.1, -0.05) is 17.3 Å². The first-order valence-corrected chi connectivity index (χ1v) is 4.06. The van der Waals surface area contributed by atoms with Crippen LogP contribution in [0, 0.1) is 11.3 Å². The van der Waals surface area contributed by atoms with Crippen molar-refractivity contribution in [3.05, 3.63) is 34.9 Å². The van der Waals surface area contributed by atoms with E-state index in [4.69, 9.17) is 10.5 Å². The maximum Gasteiger partial charge on any atom is 0.0994 e. The largest absolute Gasteiger partial charge is 0.411 e. The van der Waals surface area contributed by atoms with Crippen LogP contribution in [-0.2, 0) is 12.8 Å². The molecule has 0 unspecified atom stereocenters. The smallest absolute Gasteiger partial charge is 0.0994 e. The van der Waals surface area contributed by atoms with Crippen LogP contribution in [0.25, 0.3) is 0 Å². The standard InChI is InChI=1S/C10H8N2O/c11-6-8-3-1-2-7-4-9(12-13)5-10(7)8/h1-3,13H,4-5H2. The fourth-order valence-electron chi connectivity index (χ4n) is 1.67. The van der Waals surface area contributed by atoms with Crippen molar-refractivity contribution in [2.45, 2.75) is 12.8 Å². The van der Waals surface area contributed by atoms with Gasteiger partial charge in [0, 0.05) is 12.8 Å². The third-order valence-corrected chi connectivity index (χ3v) is 2.31. The Bertz CT molecular complexity index is 415.